The number of likely N-dealkylation sites (N-methyl/N-ethyl adjacent to an activating group) is 1. The lowest BCUT2D eigenvalue weighted by atomic mass is 9.93. The van der Waals surface area contributed by atoms with Crippen molar-refractivity contribution in [2.45, 2.75) is 25.2 Å². The molecule has 3 nitrogen and oxygen atoms in total. The molecule has 1 aromatic rings. The highest BCUT2D eigenvalue weighted by atomic mass is 16.5. The number of likely N-dealkylation sites (tertiary alicyclic amines) is 1. The van der Waals surface area contributed by atoms with E-state index >= 15 is 0 Å². The number of amides is 1. The van der Waals surface area contributed by atoms with Crippen LogP contribution in [0.4, 0.5) is 0 Å². The van der Waals surface area contributed by atoms with E-state index in [2.05, 4.69) is 0 Å². The van der Waals surface area contributed by atoms with Gasteiger partial charge in [-0.15, -0.1) is 0 Å². The molecule has 0 saturated carbocycles. The van der Waals surface area contributed by atoms with Crippen LogP contribution in [-0.2, 0) is 4.79 Å². The number of carbonyl (C=O) groups excluding carboxylic acids is 1. The fourth-order valence-electron chi connectivity index (χ4n) is 2.36. The third-order valence-electron chi connectivity index (χ3n) is 3.41. The molecule has 1 amide bonds. The molecule has 1 atom stereocenters. The summed E-state index contributed by atoms with van der Waals surface area (Å²) in [5.41, 5.74) is 1.07. The van der Waals surface area contributed by atoms with Gasteiger partial charge in [0.25, 0.3) is 0 Å². The second-order valence-electron chi connectivity index (χ2n) is 4.58. The molecule has 1 aliphatic heterocycles. The Bertz CT molecular complexity index is 403. The molecule has 92 valence electrons. The smallest absolute Gasteiger partial charge is 0.229 e. The van der Waals surface area contributed by atoms with Crippen molar-refractivity contribution in [3.05, 3.63) is 29.8 Å². The van der Waals surface area contributed by atoms with Crippen LogP contribution in [0.2, 0.25) is 0 Å². The topological polar surface area (TPSA) is 29.5 Å². The monoisotopic (exact) mass is 233 g/mol. The first kappa shape index (κ1) is 12.0. The lowest BCUT2D eigenvalue weighted by molar-refractivity contribution is -0.130. The lowest BCUT2D eigenvalue weighted by Gasteiger charge is -2.20. The van der Waals surface area contributed by atoms with E-state index < -0.39 is 0 Å². The van der Waals surface area contributed by atoms with Gasteiger partial charge in [-0.25, -0.2) is 0 Å². The first-order chi connectivity index (χ1) is 8.22. The Hall–Kier alpha value is -1.51. The van der Waals surface area contributed by atoms with Gasteiger partial charge in [-0.05, 0) is 30.5 Å². The minimum absolute atomic E-state index is 0.00222. The number of benzene rings is 1. The Morgan fingerprint density at radius 2 is 2.18 bits per heavy atom. The summed E-state index contributed by atoms with van der Waals surface area (Å²) in [6.45, 7) is 0.874. The zero-order valence-corrected chi connectivity index (χ0v) is 10.5. The van der Waals surface area contributed by atoms with Gasteiger partial charge in [0, 0.05) is 13.6 Å². The van der Waals surface area contributed by atoms with Gasteiger partial charge < -0.3 is 9.64 Å². The maximum atomic E-state index is 12.2. The summed E-state index contributed by atoms with van der Waals surface area (Å²) in [4.78, 5) is 14.1. The number of ether oxygens (including phenoxy) is 1. The van der Waals surface area contributed by atoms with Crippen LogP contribution >= 0.6 is 0 Å². The molecule has 0 aliphatic carbocycles. The number of nitrogens with zero attached hydrogens (tertiary/aromatic N) is 1. The molecule has 17 heavy (non-hydrogen) atoms. The van der Waals surface area contributed by atoms with Crippen LogP contribution in [0.25, 0.3) is 0 Å². The molecule has 0 N–H and O–H groups in total. The van der Waals surface area contributed by atoms with Crippen molar-refractivity contribution >= 4 is 5.91 Å². The van der Waals surface area contributed by atoms with Crippen LogP contribution in [0.15, 0.2) is 24.3 Å². The molecular formula is C14H19NO2. The van der Waals surface area contributed by atoms with Gasteiger partial charge in [-0.1, -0.05) is 18.6 Å². The normalized spacial score (nSPS) is 21.2. The Kier molecular flexibility index (Phi) is 3.67. The molecule has 2 rings (SSSR count). The summed E-state index contributed by atoms with van der Waals surface area (Å²) in [5, 5.41) is 0. The Labute approximate surface area is 102 Å². The second-order valence-corrected chi connectivity index (χ2v) is 4.58. The quantitative estimate of drug-likeness (QED) is 0.785. The summed E-state index contributed by atoms with van der Waals surface area (Å²) in [6.07, 6.45) is 3.15. The highest BCUT2D eigenvalue weighted by molar-refractivity contribution is 5.83. The predicted octanol–water partition coefficient (Wildman–Crippen LogP) is 2.42. The molecule has 3 heteroatoms. The largest absolute Gasteiger partial charge is 0.497 e. The Morgan fingerprint density at radius 1 is 1.35 bits per heavy atom. The van der Waals surface area contributed by atoms with E-state index in [4.69, 9.17) is 4.74 Å². The van der Waals surface area contributed by atoms with Crippen molar-refractivity contribution in [2.24, 2.45) is 0 Å². The molecule has 1 aliphatic rings. The number of rotatable bonds is 2. The number of carbonyl (C=O) groups is 1. The van der Waals surface area contributed by atoms with Gasteiger partial charge in [0.1, 0.15) is 5.75 Å². The van der Waals surface area contributed by atoms with Crippen molar-refractivity contribution in [1.82, 2.24) is 4.90 Å². The van der Waals surface area contributed by atoms with Crippen LogP contribution in [0, 0.1) is 0 Å². The van der Waals surface area contributed by atoms with Gasteiger partial charge in [0.2, 0.25) is 5.91 Å². The molecule has 1 saturated heterocycles. The third kappa shape index (κ3) is 2.60. The maximum Gasteiger partial charge on any atom is 0.229 e. The number of hydrogen-bond donors (Lipinski definition) is 0. The molecular weight excluding hydrogens is 214 g/mol. The fourth-order valence-corrected chi connectivity index (χ4v) is 2.36. The molecule has 1 aromatic carbocycles. The number of methoxy groups -OCH3 is 1. The van der Waals surface area contributed by atoms with Crippen molar-refractivity contribution in [3.63, 3.8) is 0 Å². The first-order valence-electron chi connectivity index (χ1n) is 6.11. The van der Waals surface area contributed by atoms with Crippen LogP contribution in [0.3, 0.4) is 0 Å². The number of hydrogen-bond acceptors (Lipinski definition) is 2. The average Bonchev–Trinajstić information content (AvgIpc) is 2.53. The van der Waals surface area contributed by atoms with Gasteiger partial charge in [-0.2, -0.15) is 0 Å². The first-order valence-corrected chi connectivity index (χ1v) is 6.11. The third-order valence-corrected chi connectivity index (χ3v) is 3.41. The van der Waals surface area contributed by atoms with Crippen LogP contribution in [0.1, 0.15) is 30.7 Å². The average molecular weight is 233 g/mol. The van der Waals surface area contributed by atoms with Crippen LogP contribution in [0.5, 0.6) is 5.75 Å². The summed E-state index contributed by atoms with van der Waals surface area (Å²) in [6, 6.07) is 7.85. The molecule has 0 unspecified atom stereocenters. The Balaban J connectivity index is 2.26. The summed E-state index contributed by atoms with van der Waals surface area (Å²) in [5.74, 6) is 1.05. The van der Waals surface area contributed by atoms with Crippen molar-refractivity contribution in [2.75, 3.05) is 20.7 Å². The second kappa shape index (κ2) is 5.21. The molecule has 0 bridgehead atoms. The molecule has 0 spiro atoms. The zero-order chi connectivity index (χ0) is 12.3. The van der Waals surface area contributed by atoms with Gasteiger partial charge in [0.05, 0.1) is 13.0 Å². The highest BCUT2D eigenvalue weighted by Gasteiger charge is 2.26. The van der Waals surface area contributed by atoms with E-state index in [1.807, 2.05) is 36.2 Å². The van der Waals surface area contributed by atoms with E-state index in [9.17, 15) is 4.79 Å². The summed E-state index contributed by atoms with van der Waals surface area (Å²) >= 11 is 0. The van der Waals surface area contributed by atoms with E-state index in [1.54, 1.807) is 7.11 Å². The minimum Gasteiger partial charge on any atom is -0.497 e. The van der Waals surface area contributed by atoms with Crippen LogP contribution < -0.4 is 4.74 Å². The minimum atomic E-state index is -0.00222. The Morgan fingerprint density at radius 3 is 2.94 bits per heavy atom. The van der Waals surface area contributed by atoms with Crippen molar-refractivity contribution in [1.29, 1.82) is 0 Å². The van der Waals surface area contributed by atoms with Gasteiger partial charge in [0.15, 0.2) is 0 Å². The lowest BCUT2D eigenvalue weighted by Crippen LogP contribution is -2.30. The molecule has 1 heterocycles. The maximum absolute atomic E-state index is 12.2. The highest BCUT2D eigenvalue weighted by Crippen LogP contribution is 2.29. The summed E-state index contributed by atoms with van der Waals surface area (Å²) < 4.78 is 5.21. The van der Waals surface area contributed by atoms with E-state index in [1.165, 1.54) is 0 Å². The van der Waals surface area contributed by atoms with Gasteiger partial charge in [-0.3, -0.25) is 4.79 Å². The van der Waals surface area contributed by atoms with Crippen LogP contribution in [-0.4, -0.2) is 31.5 Å². The van der Waals surface area contributed by atoms with Crippen molar-refractivity contribution in [3.8, 4) is 5.75 Å². The molecule has 1 fully saturated rings. The van der Waals surface area contributed by atoms with Gasteiger partial charge >= 0.3 is 0 Å². The SMILES string of the molecule is COc1cccc([C@H]2CCCCN(C)C2=O)c1. The fraction of sp³-hybridized carbons (Fsp3) is 0.500. The van der Waals surface area contributed by atoms with E-state index in [0.717, 1.165) is 37.1 Å². The van der Waals surface area contributed by atoms with E-state index in [0.29, 0.717) is 0 Å². The molecule has 0 radical (unpaired) electrons. The molecule has 0 aromatic heterocycles. The predicted molar refractivity (Wildman–Crippen MR) is 67.2 cm³/mol. The van der Waals surface area contributed by atoms with Crippen molar-refractivity contribution < 1.29 is 9.53 Å². The zero-order valence-electron chi connectivity index (χ0n) is 10.5. The van der Waals surface area contributed by atoms with E-state index in [-0.39, 0.29) is 11.8 Å². The standard InChI is InChI=1S/C14H19NO2/c1-15-9-4-3-8-13(14(15)16)11-6-5-7-12(10-11)17-2/h5-7,10,13H,3-4,8-9H2,1-2H3/t13-/m1/s1. The summed E-state index contributed by atoms with van der Waals surface area (Å²) in [7, 11) is 3.54.